The summed E-state index contributed by atoms with van der Waals surface area (Å²) in [6, 6.07) is 27.7. The average Bonchev–Trinajstić information content (AvgIpc) is 3.43. The summed E-state index contributed by atoms with van der Waals surface area (Å²) in [5, 5.41) is 3.50. The molecule has 7 heteroatoms. The number of aromatic nitrogens is 3. The smallest absolute Gasteiger partial charge is 0.257 e. The Bertz CT molecular complexity index is 1630. The van der Waals surface area contributed by atoms with Gasteiger partial charge in [-0.1, -0.05) is 60.7 Å². The van der Waals surface area contributed by atoms with E-state index in [1.54, 1.807) is 18.5 Å². The maximum Gasteiger partial charge on any atom is 0.257 e. The summed E-state index contributed by atoms with van der Waals surface area (Å²) >= 11 is 0. The Morgan fingerprint density at radius 3 is 2.58 bits per heavy atom. The molecule has 0 spiro atoms. The number of carbonyl (C=O) groups excluding carboxylic acids is 1. The van der Waals surface area contributed by atoms with Crippen molar-refractivity contribution in [3.05, 3.63) is 113 Å². The Morgan fingerprint density at radius 1 is 0.974 bits per heavy atom. The lowest BCUT2D eigenvalue weighted by molar-refractivity contribution is -0.119. The number of nitrogens with zero attached hydrogens (tertiary/aromatic N) is 3. The lowest BCUT2D eigenvalue weighted by Crippen LogP contribution is -2.27. The van der Waals surface area contributed by atoms with E-state index in [4.69, 9.17) is 4.98 Å². The number of fused-ring (bicyclic) bond motifs is 1. The molecule has 1 saturated heterocycles. The maximum absolute atomic E-state index is 12.7. The van der Waals surface area contributed by atoms with Crippen molar-refractivity contribution >= 4 is 22.6 Å². The highest BCUT2D eigenvalue weighted by molar-refractivity contribution is 5.92. The molecule has 3 aromatic heterocycles. The first kappa shape index (κ1) is 23.8. The zero-order valence-corrected chi connectivity index (χ0v) is 20.8. The first-order valence-corrected chi connectivity index (χ1v) is 12.8. The van der Waals surface area contributed by atoms with Gasteiger partial charge in [0.05, 0.1) is 22.5 Å². The second-order valence-electron chi connectivity index (χ2n) is 9.61. The third kappa shape index (κ3) is 4.96. The van der Waals surface area contributed by atoms with Crippen molar-refractivity contribution in [3.8, 4) is 22.4 Å². The van der Waals surface area contributed by atoms with Crippen molar-refractivity contribution < 1.29 is 4.79 Å². The number of hydrogen-bond donors (Lipinski definition) is 2. The van der Waals surface area contributed by atoms with Gasteiger partial charge in [-0.3, -0.25) is 14.5 Å². The lowest BCUT2D eigenvalue weighted by Gasteiger charge is -2.17. The van der Waals surface area contributed by atoms with E-state index >= 15 is 0 Å². The van der Waals surface area contributed by atoms with Crippen LogP contribution in [0.1, 0.15) is 12.0 Å². The van der Waals surface area contributed by atoms with Crippen LogP contribution in [0.15, 0.2) is 102 Å². The standard InChI is InChI=1S/C31H27N5O2/c37-30(35-28-8-4-5-15-32-28)24-14-17-36(20-24)19-21-9-11-23(12-10-21)29-25(22-6-2-1-3-7-22)18-26-27(34-29)13-16-33-31(26)38/h1-13,15-16,18,24H,14,17,19-20H2,(H,33,38)(H,32,35,37)/t24-/m1/s1. The van der Waals surface area contributed by atoms with Crippen LogP contribution >= 0.6 is 0 Å². The number of nitrogens with one attached hydrogen (secondary N) is 2. The zero-order chi connectivity index (χ0) is 25.9. The molecule has 1 fully saturated rings. The third-order valence-corrected chi connectivity index (χ3v) is 7.03. The summed E-state index contributed by atoms with van der Waals surface area (Å²) in [6.07, 6.45) is 4.14. The minimum absolute atomic E-state index is 0.0243. The molecule has 7 nitrogen and oxygen atoms in total. The highest BCUT2D eigenvalue weighted by atomic mass is 16.2. The molecule has 1 atom stereocenters. The normalized spacial score (nSPS) is 15.5. The highest BCUT2D eigenvalue weighted by Crippen LogP contribution is 2.33. The van der Waals surface area contributed by atoms with Crippen molar-refractivity contribution in [2.24, 2.45) is 5.92 Å². The SMILES string of the molecule is O=C(Nc1ccccn1)[C@@H]1CCN(Cc2ccc(-c3nc4cc[nH]c(=O)c4cc3-c3ccccc3)cc2)C1. The van der Waals surface area contributed by atoms with Crippen molar-refractivity contribution in [1.29, 1.82) is 0 Å². The molecule has 1 aliphatic heterocycles. The molecule has 4 heterocycles. The number of likely N-dealkylation sites (tertiary alicyclic amines) is 1. The van der Waals surface area contributed by atoms with E-state index in [1.807, 2.05) is 54.6 Å². The summed E-state index contributed by atoms with van der Waals surface area (Å²) in [4.78, 5) is 39.3. The fourth-order valence-electron chi connectivity index (χ4n) is 5.05. The van der Waals surface area contributed by atoms with E-state index in [-0.39, 0.29) is 17.4 Å². The average molecular weight is 502 g/mol. The molecule has 0 saturated carbocycles. The van der Waals surface area contributed by atoms with Crippen LogP contribution in [0.5, 0.6) is 0 Å². The first-order chi connectivity index (χ1) is 18.6. The summed E-state index contributed by atoms with van der Waals surface area (Å²) < 4.78 is 0. The summed E-state index contributed by atoms with van der Waals surface area (Å²) in [6.45, 7) is 2.38. The van der Waals surface area contributed by atoms with Crippen LogP contribution in [-0.4, -0.2) is 38.8 Å². The number of pyridine rings is 3. The second-order valence-corrected chi connectivity index (χ2v) is 9.61. The van der Waals surface area contributed by atoms with Gasteiger partial charge in [-0.05, 0) is 48.4 Å². The molecule has 1 amide bonds. The lowest BCUT2D eigenvalue weighted by atomic mass is 9.97. The van der Waals surface area contributed by atoms with Gasteiger partial charge in [0.15, 0.2) is 0 Å². The number of benzene rings is 2. The van der Waals surface area contributed by atoms with Crippen LogP contribution in [-0.2, 0) is 11.3 Å². The van der Waals surface area contributed by atoms with Crippen LogP contribution in [0.4, 0.5) is 5.82 Å². The summed E-state index contributed by atoms with van der Waals surface area (Å²) in [5.41, 5.74) is 5.46. The first-order valence-electron chi connectivity index (χ1n) is 12.8. The van der Waals surface area contributed by atoms with E-state index in [1.165, 1.54) is 5.56 Å². The summed E-state index contributed by atoms with van der Waals surface area (Å²) in [5.74, 6) is 0.569. The van der Waals surface area contributed by atoms with Gasteiger partial charge < -0.3 is 10.3 Å². The molecule has 2 N–H and O–H groups in total. The van der Waals surface area contributed by atoms with Crippen LogP contribution in [0.3, 0.4) is 0 Å². The quantitative estimate of drug-likeness (QED) is 0.337. The molecule has 188 valence electrons. The number of carbonyl (C=O) groups is 1. The zero-order valence-electron chi connectivity index (χ0n) is 20.8. The monoisotopic (exact) mass is 501 g/mol. The molecule has 0 bridgehead atoms. The van der Waals surface area contributed by atoms with Crippen LogP contribution in [0.2, 0.25) is 0 Å². The Labute approximate surface area is 220 Å². The molecule has 38 heavy (non-hydrogen) atoms. The van der Waals surface area contributed by atoms with E-state index in [0.29, 0.717) is 16.7 Å². The molecular formula is C31H27N5O2. The van der Waals surface area contributed by atoms with Gasteiger partial charge in [0.2, 0.25) is 5.91 Å². The minimum Gasteiger partial charge on any atom is -0.328 e. The van der Waals surface area contributed by atoms with E-state index in [9.17, 15) is 9.59 Å². The molecule has 0 radical (unpaired) electrons. The molecule has 5 aromatic rings. The van der Waals surface area contributed by atoms with Gasteiger partial charge in [-0.2, -0.15) is 0 Å². The van der Waals surface area contributed by atoms with Gasteiger partial charge >= 0.3 is 0 Å². The predicted octanol–water partition coefficient (Wildman–Crippen LogP) is 5.11. The molecular weight excluding hydrogens is 474 g/mol. The van der Waals surface area contributed by atoms with Gasteiger partial charge in [0, 0.05) is 36.6 Å². The van der Waals surface area contributed by atoms with E-state index in [2.05, 4.69) is 44.5 Å². The Morgan fingerprint density at radius 2 is 1.79 bits per heavy atom. The largest absolute Gasteiger partial charge is 0.328 e. The van der Waals surface area contributed by atoms with Crippen LogP contribution in [0, 0.1) is 5.92 Å². The van der Waals surface area contributed by atoms with Crippen molar-refractivity contribution in [1.82, 2.24) is 19.9 Å². The summed E-state index contributed by atoms with van der Waals surface area (Å²) in [7, 11) is 0. The fourth-order valence-corrected chi connectivity index (χ4v) is 5.05. The molecule has 2 aromatic carbocycles. The number of H-pyrrole nitrogens is 1. The van der Waals surface area contributed by atoms with Crippen molar-refractivity contribution in [2.45, 2.75) is 13.0 Å². The molecule has 1 aliphatic rings. The van der Waals surface area contributed by atoms with E-state index in [0.717, 1.165) is 48.4 Å². The molecule has 0 aliphatic carbocycles. The predicted molar refractivity (Wildman–Crippen MR) is 149 cm³/mol. The second kappa shape index (κ2) is 10.4. The Balaban J connectivity index is 1.21. The van der Waals surface area contributed by atoms with Crippen molar-refractivity contribution in [2.75, 3.05) is 18.4 Å². The van der Waals surface area contributed by atoms with Gasteiger partial charge in [-0.25, -0.2) is 9.97 Å². The van der Waals surface area contributed by atoms with Gasteiger partial charge in [0.1, 0.15) is 5.82 Å². The third-order valence-electron chi connectivity index (χ3n) is 7.03. The van der Waals surface area contributed by atoms with Gasteiger partial charge in [0.25, 0.3) is 5.56 Å². The molecule has 6 rings (SSSR count). The Kier molecular flexibility index (Phi) is 6.50. The topological polar surface area (TPSA) is 91.0 Å². The molecule has 0 unspecified atom stereocenters. The number of aromatic amines is 1. The van der Waals surface area contributed by atoms with Crippen molar-refractivity contribution in [3.63, 3.8) is 0 Å². The highest BCUT2D eigenvalue weighted by Gasteiger charge is 2.28. The number of amides is 1. The minimum atomic E-state index is -0.147. The van der Waals surface area contributed by atoms with Gasteiger partial charge in [-0.15, -0.1) is 0 Å². The number of rotatable bonds is 6. The maximum atomic E-state index is 12.7. The number of hydrogen-bond acceptors (Lipinski definition) is 5. The van der Waals surface area contributed by atoms with Crippen LogP contribution < -0.4 is 10.9 Å². The van der Waals surface area contributed by atoms with E-state index < -0.39 is 0 Å². The fraction of sp³-hybridized carbons (Fsp3) is 0.161. The van der Waals surface area contributed by atoms with Crippen LogP contribution in [0.25, 0.3) is 33.3 Å². The number of anilines is 1. The Hall–Kier alpha value is -4.62.